The fourth-order valence-electron chi connectivity index (χ4n) is 3.75. The molecule has 6 heteroatoms. The van der Waals surface area contributed by atoms with Crippen molar-refractivity contribution >= 4 is 28.4 Å². The van der Waals surface area contributed by atoms with Gasteiger partial charge in [-0.3, -0.25) is 9.59 Å². The van der Waals surface area contributed by atoms with E-state index in [9.17, 15) is 9.59 Å². The van der Waals surface area contributed by atoms with E-state index in [2.05, 4.69) is 10.3 Å². The van der Waals surface area contributed by atoms with Crippen molar-refractivity contribution in [2.45, 2.75) is 12.5 Å². The molecule has 138 valence electrons. The molecule has 2 amide bonds. The molecule has 0 unspecified atom stereocenters. The minimum Gasteiger partial charge on any atom is -0.497 e. The molecule has 6 nitrogen and oxygen atoms in total. The molecule has 27 heavy (non-hydrogen) atoms. The Morgan fingerprint density at radius 1 is 1.22 bits per heavy atom. The lowest BCUT2D eigenvalue weighted by Crippen LogP contribution is -2.30. The lowest BCUT2D eigenvalue weighted by molar-refractivity contribution is -0.127. The van der Waals surface area contributed by atoms with Gasteiger partial charge in [0.25, 0.3) is 0 Å². The molecule has 2 N–H and O–H groups in total. The van der Waals surface area contributed by atoms with Crippen LogP contribution >= 0.6 is 0 Å². The molecular weight excluding hydrogens is 342 g/mol. The predicted molar refractivity (Wildman–Crippen MR) is 104 cm³/mol. The van der Waals surface area contributed by atoms with Crippen LogP contribution in [0, 0.1) is 5.92 Å². The maximum Gasteiger partial charge on any atom is 0.230 e. The Labute approximate surface area is 157 Å². The second-order valence-corrected chi connectivity index (χ2v) is 6.81. The van der Waals surface area contributed by atoms with E-state index < -0.39 is 5.92 Å². The van der Waals surface area contributed by atoms with Crippen LogP contribution in [0.2, 0.25) is 0 Å². The highest BCUT2D eigenvalue weighted by atomic mass is 16.5. The molecule has 0 radical (unpaired) electrons. The van der Waals surface area contributed by atoms with Crippen LogP contribution in [-0.4, -0.2) is 35.9 Å². The summed E-state index contributed by atoms with van der Waals surface area (Å²) in [6.07, 6.45) is 2.05. The number of nitrogens with zero attached hydrogens (tertiary/aromatic N) is 1. The fraction of sp³-hybridized carbons (Fsp3) is 0.238. The molecule has 1 aromatic heterocycles. The summed E-state index contributed by atoms with van der Waals surface area (Å²) in [4.78, 5) is 30.1. The van der Waals surface area contributed by atoms with E-state index in [1.165, 1.54) is 0 Å². The van der Waals surface area contributed by atoms with Gasteiger partial charge in [0.2, 0.25) is 11.8 Å². The molecular formula is C21H21N3O3. The maximum atomic E-state index is 13.0. The number of carbonyl (C=O) groups excluding carboxylic acids is 2. The van der Waals surface area contributed by atoms with Gasteiger partial charge in [0.1, 0.15) is 5.75 Å². The summed E-state index contributed by atoms with van der Waals surface area (Å²) in [6.45, 7) is 0. The first kappa shape index (κ1) is 17.1. The van der Waals surface area contributed by atoms with E-state index >= 15 is 0 Å². The zero-order valence-corrected chi connectivity index (χ0v) is 15.2. The van der Waals surface area contributed by atoms with Gasteiger partial charge in [-0.1, -0.05) is 18.2 Å². The van der Waals surface area contributed by atoms with Gasteiger partial charge in [0, 0.05) is 30.9 Å². The Morgan fingerprint density at radius 3 is 2.89 bits per heavy atom. The molecule has 0 aliphatic carbocycles. The number of fused-ring (bicyclic) bond motifs is 1. The van der Waals surface area contributed by atoms with Crippen LogP contribution < -0.4 is 10.1 Å². The number of likely N-dealkylation sites (tertiary alicyclic amines) is 1. The van der Waals surface area contributed by atoms with Crippen molar-refractivity contribution in [2.75, 3.05) is 19.5 Å². The summed E-state index contributed by atoms with van der Waals surface area (Å²) in [5.41, 5.74) is 2.56. The molecule has 4 rings (SSSR count). The Bertz CT molecular complexity index is 1010. The molecule has 0 saturated carbocycles. The van der Waals surface area contributed by atoms with E-state index in [1.807, 2.05) is 54.7 Å². The van der Waals surface area contributed by atoms with Crippen LogP contribution in [-0.2, 0) is 9.59 Å². The lowest BCUT2D eigenvalue weighted by Gasteiger charge is -2.25. The van der Waals surface area contributed by atoms with Crippen molar-refractivity contribution in [3.63, 3.8) is 0 Å². The van der Waals surface area contributed by atoms with Crippen molar-refractivity contribution in [3.05, 3.63) is 60.3 Å². The number of amides is 2. The topological polar surface area (TPSA) is 74.4 Å². The first-order valence-electron chi connectivity index (χ1n) is 8.84. The number of methoxy groups -OCH3 is 1. The summed E-state index contributed by atoms with van der Waals surface area (Å²) < 4.78 is 5.29. The number of hydrogen-bond acceptors (Lipinski definition) is 3. The standard InChI is InChI=1S/C21H21N3O3/c1-24-19(25)12-17(20(24)14-4-3-5-16(10-14)27-2)21(26)23-15-7-6-13-8-9-22-18(13)11-15/h3-11,17,20,22H,12H2,1-2H3,(H,23,26)/t17-,20-/m0/s1. The Hall–Kier alpha value is -3.28. The largest absolute Gasteiger partial charge is 0.497 e. The number of H-pyrrole nitrogens is 1. The van der Waals surface area contributed by atoms with E-state index in [0.29, 0.717) is 11.4 Å². The van der Waals surface area contributed by atoms with Crippen molar-refractivity contribution in [1.29, 1.82) is 0 Å². The second kappa shape index (κ2) is 6.79. The number of benzene rings is 2. The Kier molecular flexibility index (Phi) is 4.32. The van der Waals surface area contributed by atoms with Crippen LogP contribution in [0.1, 0.15) is 18.0 Å². The van der Waals surface area contributed by atoms with E-state index in [1.54, 1.807) is 19.1 Å². The molecule has 1 fully saturated rings. The van der Waals surface area contributed by atoms with Crippen LogP contribution in [0.15, 0.2) is 54.7 Å². The number of hydrogen-bond donors (Lipinski definition) is 2. The van der Waals surface area contributed by atoms with Gasteiger partial charge in [0.05, 0.1) is 19.1 Å². The third-order valence-corrected chi connectivity index (χ3v) is 5.18. The van der Waals surface area contributed by atoms with Crippen molar-refractivity contribution < 1.29 is 14.3 Å². The van der Waals surface area contributed by atoms with Gasteiger partial charge in [-0.05, 0) is 41.3 Å². The Balaban J connectivity index is 1.61. The number of anilines is 1. The van der Waals surface area contributed by atoms with Crippen LogP contribution in [0.4, 0.5) is 5.69 Å². The SMILES string of the molecule is COc1cccc([C@H]2[C@@H](C(=O)Nc3ccc4cc[nH]c4c3)CC(=O)N2C)c1. The quantitative estimate of drug-likeness (QED) is 0.747. The van der Waals surface area contributed by atoms with Gasteiger partial charge in [-0.25, -0.2) is 0 Å². The zero-order chi connectivity index (χ0) is 19.0. The molecule has 2 aromatic carbocycles. The van der Waals surface area contributed by atoms with Gasteiger partial charge >= 0.3 is 0 Å². The second-order valence-electron chi connectivity index (χ2n) is 6.81. The third-order valence-electron chi connectivity index (χ3n) is 5.18. The monoisotopic (exact) mass is 363 g/mol. The average Bonchev–Trinajstić information content (AvgIpc) is 3.26. The summed E-state index contributed by atoms with van der Waals surface area (Å²) in [5, 5.41) is 4.05. The van der Waals surface area contributed by atoms with E-state index in [0.717, 1.165) is 16.5 Å². The first-order chi connectivity index (χ1) is 13.1. The minimum atomic E-state index is -0.464. The van der Waals surface area contributed by atoms with Crippen molar-refractivity contribution in [2.24, 2.45) is 5.92 Å². The average molecular weight is 363 g/mol. The highest BCUT2D eigenvalue weighted by Crippen LogP contribution is 2.38. The van der Waals surface area contributed by atoms with E-state index in [4.69, 9.17) is 4.74 Å². The molecule has 0 spiro atoms. The number of nitrogens with one attached hydrogen (secondary N) is 2. The fourth-order valence-corrected chi connectivity index (χ4v) is 3.75. The minimum absolute atomic E-state index is 0.0391. The molecule has 1 saturated heterocycles. The van der Waals surface area contributed by atoms with Crippen LogP contribution in [0.25, 0.3) is 10.9 Å². The number of rotatable bonds is 4. The normalized spacial score (nSPS) is 19.5. The number of aromatic amines is 1. The van der Waals surface area contributed by atoms with Gasteiger partial charge in [-0.2, -0.15) is 0 Å². The first-order valence-corrected chi connectivity index (χ1v) is 8.84. The van der Waals surface area contributed by atoms with Crippen LogP contribution in [0.5, 0.6) is 5.75 Å². The van der Waals surface area contributed by atoms with Crippen molar-refractivity contribution in [3.8, 4) is 5.75 Å². The molecule has 2 heterocycles. The van der Waals surface area contributed by atoms with Crippen molar-refractivity contribution in [1.82, 2.24) is 9.88 Å². The molecule has 1 aliphatic rings. The highest BCUT2D eigenvalue weighted by molar-refractivity contribution is 5.99. The van der Waals surface area contributed by atoms with Gasteiger partial charge < -0.3 is 19.9 Å². The number of carbonyl (C=O) groups is 2. The van der Waals surface area contributed by atoms with Gasteiger partial charge in [-0.15, -0.1) is 0 Å². The predicted octanol–water partition coefficient (Wildman–Crippen LogP) is 3.33. The number of ether oxygens (including phenoxy) is 1. The third kappa shape index (κ3) is 3.14. The molecule has 1 aliphatic heterocycles. The highest BCUT2D eigenvalue weighted by Gasteiger charge is 2.42. The van der Waals surface area contributed by atoms with Crippen LogP contribution in [0.3, 0.4) is 0 Å². The molecule has 2 atom stereocenters. The van der Waals surface area contributed by atoms with Gasteiger partial charge in [0.15, 0.2) is 0 Å². The summed E-state index contributed by atoms with van der Waals surface area (Å²) in [6, 6.07) is 14.9. The van der Waals surface area contributed by atoms with E-state index in [-0.39, 0.29) is 24.3 Å². The molecule has 0 bridgehead atoms. The summed E-state index contributed by atoms with van der Waals surface area (Å²) in [5.74, 6) is 0.0414. The summed E-state index contributed by atoms with van der Waals surface area (Å²) in [7, 11) is 3.34. The molecule has 3 aromatic rings. The number of aromatic nitrogens is 1. The summed E-state index contributed by atoms with van der Waals surface area (Å²) >= 11 is 0. The zero-order valence-electron chi connectivity index (χ0n) is 15.2. The maximum absolute atomic E-state index is 13.0. The smallest absolute Gasteiger partial charge is 0.230 e. The Morgan fingerprint density at radius 2 is 2.07 bits per heavy atom. The lowest BCUT2D eigenvalue weighted by atomic mass is 9.92.